The maximum absolute atomic E-state index is 2.26. The number of benzene rings is 2. The van der Waals surface area contributed by atoms with Gasteiger partial charge in [0.2, 0.25) is 0 Å². The summed E-state index contributed by atoms with van der Waals surface area (Å²) in [6.07, 6.45) is 0. The monoisotopic (exact) mass is 224 g/mol. The molecule has 0 unspecified atom stereocenters. The number of thiophene rings is 1. The van der Waals surface area contributed by atoms with E-state index in [-0.39, 0.29) is 0 Å². The summed E-state index contributed by atoms with van der Waals surface area (Å²) in [6, 6.07) is 17.2. The van der Waals surface area contributed by atoms with Crippen LogP contribution in [0.5, 0.6) is 0 Å². The van der Waals surface area contributed by atoms with Gasteiger partial charge in [-0.1, -0.05) is 42.5 Å². The van der Waals surface area contributed by atoms with Gasteiger partial charge in [-0.05, 0) is 29.5 Å². The van der Waals surface area contributed by atoms with Gasteiger partial charge in [-0.3, -0.25) is 0 Å². The van der Waals surface area contributed by atoms with Crippen LogP contribution in [0.2, 0.25) is 0 Å². The van der Waals surface area contributed by atoms with Crippen LogP contribution >= 0.6 is 11.3 Å². The van der Waals surface area contributed by atoms with Crippen molar-refractivity contribution in [3.63, 3.8) is 0 Å². The second-order valence-corrected chi connectivity index (χ2v) is 4.87. The maximum Gasteiger partial charge on any atom is 0.0349 e. The smallest absolute Gasteiger partial charge is 0.0349 e. The molecule has 0 aliphatic heterocycles. The van der Waals surface area contributed by atoms with Crippen LogP contribution < -0.4 is 0 Å². The zero-order valence-electron chi connectivity index (χ0n) is 9.10. The Balaban J connectivity index is 2.31. The molecule has 0 aliphatic rings. The van der Waals surface area contributed by atoms with E-state index in [1.54, 1.807) is 0 Å². The molecule has 0 amide bonds. The van der Waals surface area contributed by atoms with E-state index in [4.69, 9.17) is 0 Å². The number of hydrogen-bond acceptors (Lipinski definition) is 1. The number of fused-ring (bicyclic) bond motifs is 1. The molecule has 3 rings (SSSR count). The Labute approximate surface area is 99.2 Å². The van der Waals surface area contributed by atoms with E-state index in [1.165, 1.54) is 26.8 Å². The second-order valence-electron chi connectivity index (χ2n) is 3.96. The summed E-state index contributed by atoms with van der Waals surface area (Å²) in [6.45, 7) is 2.17. The first kappa shape index (κ1) is 9.61. The molecule has 1 heterocycles. The van der Waals surface area contributed by atoms with E-state index in [9.17, 15) is 0 Å². The van der Waals surface area contributed by atoms with Crippen LogP contribution in [0.3, 0.4) is 0 Å². The highest BCUT2D eigenvalue weighted by atomic mass is 32.1. The Morgan fingerprint density at radius 3 is 2.44 bits per heavy atom. The molecule has 0 saturated heterocycles. The van der Waals surface area contributed by atoms with Gasteiger partial charge in [0, 0.05) is 15.6 Å². The highest BCUT2D eigenvalue weighted by Crippen LogP contribution is 2.35. The summed E-state index contributed by atoms with van der Waals surface area (Å²) in [5, 5.41) is 3.62. The van der Waals surface area contributed by atoms with E-state index >= 15 is 0 Å². The van der Waals surface area contributed by atoms with Crippen LogP contribution in [0.4, 0.5) is 0 Å². The summed E-state index contributed by atoms with van der Waals surface area (Å²) in [7, 11) is 0. The topological polar surface area (TPSA) is 0 Å². The van der Waals surface area contributed by atoms with Crippen molar-refractivity contribution in [1.29, 1.82) is 0 Å². The number of aryl methyl sites for hydroxylation is 1. The predicted molar refractivity (Wildman–Crippen MR) is 72.0 cm³/mol. The molecular formula is C15H12S. The highest BCUT2D eigenvalue weighted by Gasteiger charge is 2.06. The van der Waals surface area contributed by atoms with Gasteiger partial charge in [-0.2, -0.15) is 0 Å². The molecule has 0 aliphatic carbocycles. The van der Waals surface area contributed by atoms with Crippen LogP contribution in [0.15, 0.2) is 53.9 Å². The Morgan fingerprint density at radius 1 is 0.812 bits per heavy atom. The summed E-state index contributed by atoms with van der Waals surface area (Å²) < 4.78 is 1.36. The van der Waals surface area contributed by atoms with Crippen molar-refractivity contribution < 1.29 is 0 Å². The summed E-state index contributed by atoms with van der Waals surface area (Å²) in [5.74, 6) is 0. The fourth-order valence-electron chi connectivity index (χ4n) is 2.06. The van der Waals surface area contributed by atoms with Crippen LogP contribution in [-0.2, 0) is 0 Å². The van der Waals surface area contributed by atoms with Gasteiger partial charge in [0.05, 0.1) is 0 Å². The molecule has 0 nitrogen and oxygen atoms in total. The molecule has 2 aromatic carbocycles. The Hall–Kier alpha value is -1.60. The van der Waals surface area contributed by atoms with Gasteiger partial charge >= 0.3 is 0 Å². The first-order valence-electron chi connectivity index (χ1n) is 5.38. The average Bonchev–Trinajstić information content (AvgIpc) is 2.74. The largest absolute Gasteiger partial charge is 0.143 e. The molecule has 0 fully saturated rings. The lowest BCUT2D eigenvalue weighted by Crippen LogP contribution is -1.80. The van der Waals surface area contributed by atoms with Crippen LogP contribution in [-0.4, -0.2) is 0 Å². The molecule has 0 N–H and O–H groups in total. The molecule has 1 aromatic heterocycles. The molecule has 0 atom stereocenters. The van der Waals surface area contributed by atoms with Crippen molar-refractivity contribution in [1.82, 2.24) is 0 Å². The predicted octanol–water partition coefficient (Wildman–Crippen LogP) is 4.88. The lowest BCUT2D eigenvalue weighted by Gasteiger charge is -2.03. The molecule has 0 saturated carbocycles. The van der Waals surface area contributed by atoms with Gasteiger partial charge in [-0.25, -0.2) is 0 Å². The first-order valence-corrected chi connectivity index (χ1v) is 6.26. The van der Waals surface area contributed by atoms with Crippen molar-refractivity contribution in [3.8, 4) is 11.1 Å². The second kappa shape index (κ2) is 3.76. The normalized spacial score (nSPS) is 10.8. The summed E-state index contributed by atoms with van der Waals surface area (Å²) >= 11 is 1.82. The standard InChI is InChI=1S/C15H12S/c1-11-6-2-3-7-12(11)14-10-16-15-9-5-4-8-13(14)15/h2-10H,1H3. The minimum Gasteiger partial charge on any atom is -0.143 e. The molecule has 0 spiro atoms. The highest BCUT2D eigenvalue weighted by molar-refractivity contribution is 7.17. The van der Waals surface area contributed by atoms with Crippen molar-refractivity contribution in [2.24, 2.45) is 0 Å². The fraction of sp³-hybridized carbons (Fsp3) is 0.0667. The van der Waals surface area contributed by atoms with Crippen molar-refractivity contribution >= 4 is 21.4 Å². The molecule has 78 valence electrons. The van der Waals surface area contributed by atoms with Crippen LogP contribution in [0, 0.1) is 6.92 Å². The van der Waals surface area contributed by atoms with Gasteiger partial charge in [0.15, 0.2) is 0 Å². The van der Waals surface area contributed by atoms with Gasteiger partial charge in [0.25, 0.3) is 0 Å². The SMILES string of the molecule is Cc1ccccc1-c1csc2ccccc12. The zero-order valence-corrected chi connectivity index (χ0v) is 9.92. The molecule has 16 heavy (non-hydrogen) atoms. The van der Waals surface area contributed by atoms with Crippen molar-refractivity contribution in [2.45, 2.75) is 6.92 Å². The van der Waals surface area contributed by atoms with E-state index in [0.717, 1.165) is 0 Å². The van der Waals surface area contributed by atoms with E-state index in [2.05, 4.69) is 60.8 Å². The van der Waals surface area contributed by atoms with Crippen LogP contribution in [0.25, 0.3) is 21.2 Å². The zero-order chi connectivity index (χ0) is 11.0. The third kappa shape index (κ3) is 1.44. The Morgan fingerprint density at radius 2 is 1.56 bits per heavy atom. The number of rotatable bonds is 1. The lowest BCUT2D eigenvalue weighted by atomic mass is 10.0. The third-order valence-corrected chi connectivity index (χ3v) is 3.88. The van der Waals surface area contributed by atoms with Gasteiger partial charge in [0.1, 0.15) is 0 Å². The summed E-state index contributed by atoms with van der Waals surface area (Å²) in [4.78, 5) is 0. The molecule has 1 heteroatoms. The minimum absolute atomic E-state index is 1.34. The first-order chi connectivity index (χ1) is 7.86. The van der Waals surface area contributed by atoms with Crippen LogP contribution in [0.1, 0.15) is 5.56 Å². The average molecular weight is 224 g/mol. The molecular weight excluding hydrogens is 212 g/mol. The van der Waals surface area contributed by atoms with Gasteiger partial charge < -0.3 is 0 Å². The molecule has 3 aromatic rings. The minimum atomic E-state index is 1.34. The third-order valence-electron chi connectivity index (χ3n) is 2.92. The fourth-order valence-corrected chi connectivity index (χ4v) is 3.02. The number of hydrogen-bond donors (Lipinski definition) is 0. The Kier molecular flexibility index (Phi) is 2.26. The van der Waals surface area contributed by atoms with E-state index in [0.29, 0.717) is 0 Å². The molecule has 0 radical (unpaired) electrons. The van der Waals surface area contributed by atoms with Crippen molar-refractivity contribution in [2.75, 3.05) is 0 Å². The van der Waals surface area contributed by atoms with Crippen molar-refractivity contribution in [3.05, 3.63) is 59.5 Å². The Bertz CT molecular complexity index is 634. The molecule has 0 bridgehead atoms. The maximum atomic E-state index is 2.26. The lowest BCUT2D eigenvalue weighted by molar-refractivity contribution is 1.47. The quantitative estimate of drug-likeness (QED) is 0.553. The van der Waals surface area contributed by atoms with Gasteiger partial charge in [-0.15, -0.1) is 11.3 Å². The summed E-state index contributed by atoms with van der Waals surface area (Å²) in [5.41, 5.74) is 4.05. The van der Waals surface area contributed by atoms with E-state index in [1.807, 2.05) is 11.3 Å². The van der Waals surface area contributed by atoms with E-state index < -0.39 is 0 Å².